The molecular formula is C29H35N3O5. The maximum absolute atomic E-state index is 13.6. The molecule has 2 aliphatic rings. The molecule has 0 radical (unpaired) electrons. The van der Waals surface area contributed by atoms with E-state index in [-0.39, 0.29) is 49.1 Å². The Labute approximate surface area is 218 Å². The summed E-state index contributed by atoms with van der Waals surface area (Å²) >= 11 is 0. The summed E-state index contributed by atoms with van der Waals surface area (Å²) in [5, 5.41) is 9.46. The summed E-state index contributed by atoms with van der Waals surface area (Å²) in [5.74, 6) is -0.0269. The van der Waals surface area contributed by atoms with E-state index in [1.54, 1.807) is 42.2 Å². The van der Waals surface area contributed by atoms with Crippen LogP contribution in [0.4, 0.5) is 0 Å². The Balaban J connectivity index is 1.68. The average Bonchev–Trinajstić information content (AvgIpc) is 2.93. The van der Waals surface area contributed by atoms with Crippen molar-refractivity contribution < 1.29 is 23.8 Å². The van der Waals surface area contributed by atoms with Gasteiger partial charge >= 0.3 is 0 Å². The molecule has 2 aromatic carbocycles. The Kier molecular flexibility index (Phi) is 8.80. The van der Waals surface area contributed by atoms with E-state index in [2.05, 4.69) is 6.07 Å². The predicted molar refractivity (Wildman–Crippen MR) is 138 cm³/mol. The molecule has 1 fully saturated rings. The van der Waals surface area contributed by atoms with Gasteiger partial charge in [0.2, 0.25) is 5.91 Å². The van der Waals surface area contributed by atoms with Gasteiger partial charge in [0.15, 0.2) is 0 Å². The molecule has 196 valence electrons. The lowest BCUT2D eigenvalue weighted by molar-refractivity contribution is -0.145. The number of nitriles is 1. The van der Waals surface area contributed by atoms with E-state index < -0.39 is 0 Å². The molecule has 4 atom stereocenters. The number of benzene rings is 2. The molecule has 8 heteroatoms. The number of likely N-dealkylation sites (N-methyl/N-ethyl adjacent to an activating group) is 1. The summed E-state index contributed by atoms with van der Waals surface area (Å²) < 4.78 is 18.1. The van der Waals surface area contributed by atoms with Crippen LogP contribution in [0, 0.1) is 11.3 Å². The fraction of sp³-hybridized carbons (Fsp3) is 0.483. The van der Waals surface area contributed by atoms with Gasteiger partial charge in [-0.2, -0.15) is 5.26 Å². The zero-order valence-electron chi connectivity index (χ0n) is 21.8. The first kappa shape index (κ1) is 26.6. The van der Waals surface area contributed by atoms with Gasteiger partial charge in [-0.1, -0.05) is 30.3 Å². The molecule has 0 unspecified atom stereocenters. The van der Waals surface area contributed by atoms with Crippen LogP contribution in [0.5, 0.6) is 5.75 Å². The van der Waals surface area contributed by atoms with Gasteiger partial charge in [0, 0.05) is 46.6 Å². The van der Waals surface area contributed by atoms with Crippen LogP contribution >= 0.6 is 0 Å². The second kappa shape index (κ2) is 12.2. The van der Waals surface area contributed by atoms with Gasteiger partial charge in [0.25, 0.3) is 5.91 Å². The van der Waals surface area contributed by atoms with Crippen LogP contribution in [-0.4, -0.2) is 80.8 Å². The lowest BCUT2D eigenvalue weighted by atomic mass is 9.94. The number of ether oxygens (including phenoxy) is 3. The minimum absolute atomic E-state index is 0.0127. The lowest BCUT2D eigenvalue weighted by Gasteiger charge is -2.36. The van der Waals surface area contributed by atoms with Gasteiger partial charge in [0.1, 0.15) is 18.5 Å². The smallest absolute Gasteiger partial charge is 0.257 e. The quantitative estimate of drug-likeness (QED) is 0.619. The molecule has 0 spiro atoms. The Morgan fingerprint density at radius 2 is 1.81 bits per heavy atom. The highest BCUT2D eigenvalue weighted by atomic mass is 16.6. The number of hydrogen-bond acceptors (Lipinski definition) is 6. The van der Waals surface area contributed by atoms with Crippen molar-refractivity contribution in [3.8, 4) is 11.8 Å². The predicted octanol–water partition coefficient (Wildman–Crippen LogP) is 3.61. The minimum Gasteiger partial charge on any atom is -0.490 e. The maximum Gasteiger partial charge on any atom is 0.257 e. The van der Waals surface area contributed by atoms with Crippen LogP contribution < -0.4 is 4.74 Å². The number of rotatable bonds is 2. The molecule has 2 heterocycles. The van der Waals surface area contributed by atoms with Gasteiger partial charge < -0.3 is 24.0 Å². The molecule has 1 saturated heterocycles. The SMILES string of the molecule is CO[C@H]1CC[C@@H]2CCN(C)C(=O)C[C@@H](c3ccccc3)CN(C)C(=O)c3cc(C#N)ccc3OC[C@@H]1O2. The van der Waals surface area contributed by atoms with Crippen molar-refractivity contribution in [2.45, 2.75) is 49.9 Å². The second-order valence-corrected chi connectivity index (χ2v) is 9.88. The molecular weight excluding hydrogens is 470 g/mol. The first-order valence-corrected chi connectivity index (χ1v) is 12.8. The Hall–Kier alpha value is -3.41. The molecule has 0 N–H and O–H groups in total. The van der Waals surface area contributed by atoms with Crippen LogP contribution in [0.3, 0.4) is 0 Å². The maximum atomic E-state index is 13.6. The van der Waals surface area contributed by atoms with Crippen molar-refractivity contribution >= 4 is 11.8 Å². The van der Waals surface area contributed by atoms with E-state index in [0.717, 1.165) is 24.8 Å². The van der Waals surface area contributed by atoms with E-state index in [1.165, 1.54) is 0 Å². The number of carbonyl (C=O) groups excluding carboxylic acids is 2. The summed E-state index contributed by atoms with van der Waals surface area (Å²) in [6.07, 6.45) is 2.23. The zero-order valence-corrected chi connectivity index (χ0v) is 21.8. The number of amides is 2. The van der Waals surface area contributed by atoms with Crippen molar-refractivity contribution in [3.63, 3.8) is 0 Å². The highest BCUT2D eigenvalue weighted by Gasteiger charge is 2.33. The number of fused-ring (bicyclic) bond motifs is 3. The van der Waals surface area contributed by atoms with Crippen LogP contribution in [0.1, 0.15) is 53.1 Å². The first-order chi connectivity index (χ1) is 17.9. The summed E-state index contributed by atoms with van der Waals surface area (Å²) in [4.78, 5) is 30.2. The number of carbonyl (C=O) groups is 2. The molecule has 37 heavy (non-hydrogen) atoms. The van der Waals surface area contributed by atoms with E-state index in [4.69, 9.17) is 14.2 Å². The van der Waals surface area contributed by atoms with Crippen molar-refractivity contribution in [3.05, 3.63) is 65.2 Å². The fourth-order valence-electron chi connectivity index (χ4n) is 5.09. The Bertz CT molecular complexity index is 1130. The Morgan fingerprint density at radius 3 is 2.54 bits per heavy atom. The van der Waals surface area contributed by atoms with E-state index in [0.29, 0.717) is 30.0 Å². The van der Waals surface area contributed by atoms with Gasteiger partial charge in [-0.15, -0.1) is 0 Å². The third-order valence-electron chi connectivity index (χ3n) is 7.35. The molecule has 0 aromatic heterocycles. The normalized spacial score (nSPS) is 25.7. The van der Waals surface area contributed by atoms with Gasteiger partial charge in [-0.3, -0.25) is 9.59 Å². The summed E-state index contributed by atoms with van der Waals surface area (Å²) in [6, 6.07) is 16.8. The molecule has 0 aliphatic carbocycles. The monoisotopic (exact) mass is 505 g/mol. The third-order valence-corrected chi connectivity index (χ3v) is 7.35. The molecule has 8 nitrogen and oxygen atoms in total. The van der Waals surface area contributed by atoms with Gasteiger partial charge in [-0.05, 0) is 43.0 Å². The summed E-state index contributed by atoms with van der Waals surface area (Å²) in [6.45, 7) is 1.15. The standard InChI is InChI=1S/C29H35N3O5/c1-31-14-13-23-10-12-26(35-3)27(37-23)19-36-25-11-9-20(17-30)15-24(25)29(34)32(2)18-22(16-28(31)33)21-7-5-4-6-8-21/h4-9,11,15,22-23,26-27H,10,12-14,16,18-19H2,1-3H3/t22-,23-,26+,27+/m1/s1. The van der Waals surface area contributed by atoms with Crippen LogP contribution in [0.15, 0.2) is 48.5 Å². The molecule has 2 aliphatic heterocycles. The molecule has 0 saturated carbocycles. The summed E-state index contributed by atoms with van der Waals surface area (Å²) in [7, 11) is 5.20. The number of methoxy groups -OCH3 is 1. The van der Waals surface area contributed by atoms with E-state index in [9.17, 15) is 14.9 Å². The van der Waals surface area contributed by atoms with Gasteiger partial charge in [-0.25, -0.2) is 0 Å². The molecule has 2 amide bonds. The van der Waals surface area contributed by atoms with Crippen LogP contribution in [0.25, 0.3) is 0 Å². The second-order valence-electron chi connectivity index (χ2n) is 9.88. The third kappa shape index (κ3) is 6.48. The van der Waals surface area contributed by atoms with Crippen molar-refractivity contribution in [2.24, 2.45) is 0 Å². The van der Waals surface area contributed by atoms with Crippen molar-refractivity contribution in [1.82, 2.24) is 9.80 Å². The summed E-state index contributed by atoms with van der Waals surface area (Å²) in [5.41, 5.74) is 1.68. The van der Waals surface area contributed by atoms with Gasteiger partial charge in [0.05, 0.1) is 29.4 Å². The van der Waals surface area contributed by atoms with E-state index >= 15 is 0 Å². The molecule has 2 aromatic rings. The highest BCUT2D eigenvalue weighted by molar-refractivity contribution is 5.97. The van der Waals surface area contributed by atoms with Crippen molar-refractivity contribution in [2.75, 3.05) is 40.9 Å². The molecule has 2 bridgehead atoms. The fourth-order valence-corrected chi connectivity index (χ4v) is 5.09. The number of hydrogen-bond donors (Lipinski definition) is 0. The number of nitrogens with zero attached hydrogens (tertiary/aromatic N) is 3. The van der Waals surface area contributed by atoms with Crippen LogP contribution in [-0.2, 0) is 14.3 Å². The average molecular weight is 506 g/mol. The first-order valence-electron chi connectivity index (χ1n) is 12.8. The minimum atomic E-state index is -0.309. The topological polar surface area (TPSA) is 92.1 Å². The highest BCUT2D eigenvalue weighted by Crippen LogP contribution is 2.29. The molecule has 4 rings (SSSR count). The zero-order chi connectivity index (χ0) is 26.4. The largest absolute Gasteiger partial charge is 0.490 e. The van der Waals surface area contributed by atoms with Crippen LogP contribution in [0.2, 0.25) is 0 Å². The van der Waals surface area contributed by atoms with Crippen molar-refractivity contribution in [1.29, 1.82) is 5.26 Å². The van der Waals surface area contributed by atoms with E-state index in [1.807, 2.05) is 37.4 Å². The lowest BCUT2D eigenvalue weighted by Crippen LogP contribution is -2.44. The Morgan fingerprint density at radius 1 is 1.03 bits per heavy atom.